The summed E-state index contributed by atoms with van der Waals surface area (Å²) in [7, 11) is 1.47. The fourth-order valence-corrected chi connectivity index (χ4v) is 1.02. The number of anilines is 1. The highest BCUT2D eigenvalue weighted by Gasteiger charge is 2.12. The summed E-state index contributed by atoms with van der Waals surface area (Å²) < 4.78 is 0. The molecule has 0 saturated carbocycles. The van der Waals surface area contributed by atoms with Gasteiger partial charge in [0.25, 0.3) is 5.69 Å². The van der Waals surface area contributed by atoms with Gasteiger partial charge in [-0.05, 0) is 17.7 Å². The largest absolute Gasteiger partial charge is 0.545 e. The van der Waals surface area contributed by atoms with E-state index in [1.54, 1.807) is 0 Å². The van der Waals surface area contributed by atoms with Crippen LogP contribution < -0.4 is 10.4 Å². The fraction of sp³-hybridized carbons (Fsp3) is 0.125. The van der Waals surface area contributed by atoms with Gasteiger partial charge in [0.05, 0.1) is 10.9 Å². The minimum absolute atomic E-state index is 0.0973. The summed E-state index contributed by atoms with van der Waals surface area (Å²) in [4.78, 5) is 20.3. The molecule has 74 valence electrons. The van der Waals surface area contributed by atoms with Crippen molar-refractivity contribution in [1.82, 2.24) is 0 Å². The Hall–Kier alpha value is -2.11. The molecule has 0 bridgehead atoms. The number of nitro groups is 1. The van der Waals surface area contributed by atoms with Crippen LogP contribution >= 0.6 is 0 Å². The number of nitro benzene ring substituents is 1. The summed E-state index contributed by atoms with van der Waals surface area (Å²) in [5.41, 5.74) is -0.117. The van der Waals surface area contributed by atoms with Crippen LogP contribution in [0.5, 0.6) is 0 Å². The summed E-state index contributed by atoms with van der Waals surface area (Å²) in [5.74, 6) is -1.36. The molecule has 0 atom stereocenters. The first-order chi connectivity index (χ1) is 6.56. The number of carbonyl (C=O) groups is 1. The average Bonchev–Trinajstić information content (AvgIpc) is 2.16. The van der Waals surface area contributed by atoms with Crippen molar-refractivity contribution in [3.05, 3.63) is 33.9 Å². The molecule has 0 aromatic heterocycles. The minimum Gasteiger partial charge on any atom is -0.545 e. The molecule has 1 aromatic rings. The first kappa shape index (κ1) is 9.97. The van der Waals surface area contributed by atoms with E-state index in [0.717, 1.165) is 18.2 Å². The maximum atomic E-state index is 10.5. The van der Waals surface area contributed by atoms with Gasteiger partial charge in [-0.2, -0.15) is 0 Å². The monoisotopic (exact) mass is 195 g/mol. The molecule has 0 amide bonds. The molecule has 0 fully saturated rings. The zero-order valence-corrected chi connectivity index (χ0v) is 7.31. The molecule has 1 aromatic carbocycles. The van der Waals surface area contributed by atoms with Crippen molar-refractivity contribution < 1.29 is 14.8 Å². The van der Waals surface area contributed by atoms with Gasteiger partial charge in [0.15, 0.2) is 0 Å². The molecule has 0 aliphatic heterocycles. The number of hydrogen-bond acceptors (Lipinski definition) is 5. The zero-order valence-electron chi connectivity index (χ0n) is 7.31. The van der Waals surface area contributed by atoms with Gasteiger partial charge in [-0.25, -0.2) is 0 Å². The van der Waals surface area contributed by atoms with E-state index in [0.29, 0.717) is 0 Å². The summed E-state index contributed by atoms with van der Waals surface area (Å²) in [6.07, 6.45) is 0. The van der Waals surface area contributed by atoms with E-state index >= 15 is 0 Å². The molecule has 0 unspecified atom stereocenters. The predicted molar refractivity (Wildman–Crippen MR) is 47.0 cm³/mol. The van der Waals surface area contributed by atoms with E-state index in [2.05, 4.69) is 5.32 Å². The Morgan fingerprint density at radius 2 is 2.14 bits per heavy atom. The Morgan fingerprint density at radius 1 is 1.50 bits per heavy atom. The predicted octanol–water partition coefficient (Wildman–Crippen LogP) is -0.000000000000000611. The Morgan fingerprint density at radius 3 is 2.57 bits per heavy atom. The Balaban J connectivity index is 3.25. The van der Waals surface area contributed by atoms with Gasteiger partial charge < -0.3 is 15.2 Å². The van der Waals surface area contributed by atoms with Crippen LogP contribution in [0.25, 0.3) is 0 Å². The highest BCUT2D eigenvalue weighted by atomic mass is 16.6. The lowest BCUT2D eigenvalue weighted by Gasteiger charge is -2.05. The molecular formula is C8H7N2O4-. The lowest BCUT2D eigenvalue weighted by molar-refractivity contribution is -0.383. The summed E-state index contributed by atoms with van der Waals surface area (Å²) in [6.45, 7) is 0. The van der Waals surface area contributed by atoms with Crippen LogP contribution in [0.1, 0.15) is 10.4 Å². The number of carboxylic acids is 1. The highest BCUT2D eigenvalue weighted by Crippen LogP contribution is 2.24. The molecule has 6 nitrogen and oxygen atoms in total. The van der Waals surface area contributed by atoms with Crippen LogP contribution in [0.2, 0.25) is 0 Å². The Labute approximate surface area is 79.3 Å². The second kappa shape index (κ2) is 3.73. The standard InChI is InChI=1S/C8H8N2O4/c1-9-6-4-5(8(11)12)2-3-7(6)10(13)14/h2-4,9H,1H3,(H,11,12)/p-1. The molecule has 0 aliphatic rings. The summed E-state index contributed by atoms with van der Waals surface area (Å²) >= 11 is 0. The first-order valence-corrected chi connectivity index (χ1v) is 3.74. The van der Waals surface area contributed by atoms with Crippen molar-refractivity contribution in [3.63, 3.8) is 0 Å². The maximum absolute atomic E-state index is 10.5. The van der Waals surface area contributed by atoms with E-state index in [9.17, 15) is 20.0 Å². The molecule has 1 rings (SSSR count). The normalized spacial score (nSPS) is 9.50. The lowest BCUT2D eigenvalue weighted by atomic mass is 10.2. The van der Waals surface area contributed by atoms with Gasteiger partial charge in [-0.1, -0.05) is 0 Å². The van der Waals surface area contributed by atoms with Gasteiger partial charge in [0.2, 0.25) is 0 Å². The van der Waals surface area contributed by atoms with Crippen LogP contribution in [-0.2, 0) is 0 Å². The minimum atomic E-state index is -1.36. The van der Waals surface area contributed by atoms with Crippen molar-refractivity contribution in [2.45, 2.75) is 0 Å². The van der Waals surface area contributed by atoms with Gasteiger partial charge in [0, 0.05) is 13.1 Å². The third kappa shape index (κ3) is 1.79. The van der Waals surface area contributed by atoms with Crippen LogP contribution in [-0.4, -0.2) is 17.9 Å². The van der Waals surface area contributed by atoms with Crippen molar-refractivity contribution in [3.8, 4) is 0 Å². The van der Waals surface area contributed by atoms with E-state index in [1.807, 2.05) is 0 Å². The van der Waals surface area contributed by atoms with Crippen molar-refractivity contribution in [2.24, 2.45) is 0 Å². The molecular weight excluding hydrogens is 188 g/mol. The highest BCUT2D eigenvalue weighted by molar-refractivity contribution is 5.88. The molecule has 1 N–H and O–H groups in total. The zero-order chi connectivity index (χ0) is 10.7. The van der Waals surface area contributed by atoms with Crippen LogP contribution in [0, 0.1) is 10.1 Å². The number of carbonyl (C=O) groups excluding carboxylic acids is 1. The molecule has 0 aliphatic carbocycles. The Kier molecular flexibility index (Phi) is 2.66. The first-order valence-electron chi connectivity index (χ1n) is 3.74. The number of nitrogens with one attached hydrogen (secondary N) is 1. The van der Waals surface area contributed by atoms with E-state index in [4.69, 9.17) is 0 Å². The topological polar surface area (TPSA) is 95.3 Å². The van der Waals surface area contributed by atoms with Crippen LogP contribution in [0.4, 0.5) is 11.4 Å². The molecule has 0 saturated heterocycles. The molecule has 0 spiro atoms. The van der Waals surface area contributed by atoms with E-state index < -0.39 is 10.9 Å². The van der Waals surface area contributed by atoms with Gasteiger partial charge >= 0.3 is 0 Å². The van der Waals surface area contributed by atoms with Gasteiger partial charge in [-0.3, -0.25) is 10.1 Å². The van der Waals surface area contributed by atoms with Crippen molar-refractivity contribution in [1.29, 1.82) is 0 Å². The SMILES string of the molecule is CNc1cc(C(=O)[O-])ccc1[N+](=O)[O-]. The molecule has 0 heterocycles. The number of benzene rings is 1. The van der Waals surface area contributed by atoms with Crippen molar-refractivity contribution >= 4 is 17.3 Å². The Bertz CT molecular complexity index is 389. The smallest absolute Gasteiger partial charge is 0.292 e. The van der Waals surface area contributed by atoms with E-state index in [1.165, 1.54) is 7.05 Å². The molecule has 14 heavy (non-hydrogen) atoms. The van der Waals surface area contributed by atoms with Gasteiger partial charge in [-0.15, -0.1) is 0 Å². The molecule has 6 heteroatoms. The molecule has 0 radical (unpaired) electrons. The number of aromatic carboxylic acids is 1. The quantitative estimate of drug-likeness (QED) is 0.541. The number of carboxylic acid groups (broad SMARTS) is 1. The number of rotatable bonds is 3. The number of hydrogen-bond donors (Lipinski definition) is 1. The average molecular weight is 195 g/mol. The third-order valence-electron chi connectivity index (χ3n) is 1.70. The third-order valence-corrected chi connectivity index (χ3v) is 1.70. The van der Waals surface area contributed by atoms with Crippen LogP contribution in [0.15, 0.2) is 18.2 Å². The summed E-state index contributed by atoms with van der Waals surface area (Å²) in [6, 6.07) is 3.42. The van der Waals surface area contributed by atoms with E-state index in [-0.39, 0.29) is 16.9 Å². The number of nitrogens with zero attached hydrogens (tertiary/aromatic N) is 1. The lowest BCUT2D eigenvalue weighted by Crippen LogP contribution is -2.22. The maximum Gasteiger partial charge on any atom is 0.292 e. The fourth-order valence-electron chi connectivity index (χ4n) is 1.02. The van der Waals surface area contributed by atoms with Crippen LogP contribution in [0.3, 0.4) is 0 Å². The second-order valence-electron chi connectivity index (χ2n) is 2.53. The second-order valence-corrected chi connectivity index (χ2v) is 2.53. The van der Waals surface area contributed by atoms with Gasteiger partial charge in [0.1, 0.15) is 5.69 Å². The summed E-state index contributed by atoms with van der Waals surface area (Å²) in [5, 5.41) is 23.4. The van der Waals surface area contributed by atoms with Crippen molar-refractivity contribution in [2.75, 3.05) is 12.4 Å².